The lowest BCUT2D eigenvalue weighted by Gasteiger charge is -2.15. The van der Waals surface area contributed by atoms with Crippen LogP contribution in [0, 0.1) is 13.8 Å². The van der Waals surface area contributed by atoms with Gasteiger partial charge in [0.05, 0.1) is 5.69 Å². The Morgan fingerprint density at radius 2 is 1.84 bits per heavy atom. The zero-order chi connectivity index (χ0) is 17.7. The minimum absolute atomic E-state index is 0. The molecule has 5 nitrogen and oxygen atoms in total. The number of hydrogen-bond donors (Lipinski definition) is 2. The van der Waals surface area contributed by atoms with Gasteiger partial charge >= 0.3 is 0 Å². The summed E-state index contributed by atoms with van der Waals surface area (Å²) in [4.78, 5) is 4.52. The number of aromatic nitrogens is 1. The summed E-state index contributed by atoms with van der Waals surface area (Å²) in [5.41, 5.74) is 11.8. The summed E-state index contributed by atoms with van der Waals surface area (Å²) in [6, 6.07) is 6.35. The van der Waals surface area contributed by atoms with E-state index in [-0.39, 0.29) is 29.9 Å². The lowest BCUT2D eigenvalue weighted by Crippen LogP contribution is -2.25. The molecule has 25 heavy (non-hydrogen) atoms. The molecule has 6 heteroatoms. The van der Waals surface area contributed by atoms with Crippen molar-refractivity contribution in [3.05, 3.63) is 46.3 Å². The molecule has 3 N–H and O–H groups in total. The standard InChI is InChI=1S/C19H28N4O.HI/c1-6-15-9-8-10-16(7-2)18(15)22-19(20)21-11-12(3)17-13(4)23-24-14(17)5;/h8-10,12H,6-7,11H2,1-5H3,(H3,20,21,22);1H. The van der Waals surface area contributed by atoms with E-state index in [4.69, 9.17) is 10.3 Å². The summed E-state index contributed by atoms with van der Waals surface area (Å²) in [5.74, 6) is 1.51. The maximum absolute atomic E-state index is 6.13. The summed E-state index contributed by atoms with van der Waals surface area (Å²) in [6.45, 7) is 10.9. The van der Waals surface area contributed by atoms with Crippen LogP contribution in [0.4, 0.5) is 5.69 Å². The Hall–Kier alpha value is -1.57. The molecular formula is C19H29IN4O. The van der Waals surface area contributed by atoms with Crippen molar-refractivity contribution in [2.45, 2.75) is 53.4 Å². The van der Waals surface area contributed by atoms with Crippen LogP contribution >= 0.6 is 24.0 Å². The van der Waals surface area contributed by atoms with Crippen LogP contribution in [0.5, 0.6) is 0 Å². The summed E-state index contributed by atoms with van der Waals surface area (Å²) in [7, 11) is 0. The van der Waals surface area contributed by atoms with Crippen LogP contribution in [0.2, 0.25) is 0 Å². The number of halogens is 1. The van der Waals surface area contributed by atoms with Gasteiger partial charge in [0.2, 0.25) is 0 Å². The highest BCUT2D eigenvalue weighted by atomic mass is 127. The second-order valence-corrected chi connectivity index (χ2v) is 6.15. The molecule has 0 saturated carbocycles. The number of anilines is 1. The van der Waals surface area contributed by atoms with E-state index >= 15 is 0 Å². The molecule has 1 aromatic heterocycles. The van der Waals surface area contributed by atoms with Gasteiger partial charge in [-0.2, -0.15) is 0 Å². The van der Waals surface area contributed by atoms with Gasteiger partial charge in [-0.3, -0.25) is 4.99 Å². The van der Waals surface area contributed by atoms with Crippen molar-refractivity contribution in [1.29, 1.82) is 0 Å². The third-order valence-electron chi connectivity index (χ3n) is 4.37. The molecule has 0 saturated heterocycles. The Morgan fingerprint density at radius 3 is 2.32 bits per heavy atom. The van der Waals surface area contributed by atoms with Crippen LogP contribution in [0.3, 0.4) is 0 Å². The van der Waals surface area contributed by atoms with Crippen LogP contribution in [0.15, 0.2) is 27.7 Å². The fourth-order valence-corrected chi connectivity index (χ4v) is 3.09. The second-order valence-electron chi connectivity index (χ2n) is 6.15. The van der Waals surface area contributed by atoms with Crippen molar-refractivity contribution in [1.82, 2.24) is 5.16 Å². The van der Waals surface area contributed by atoms with Crippen molar-refractivity contribution in [2.24, 2.45) is 10.7 Å². The second kappa shape index (κ2) is 9.79. The molecule has 138 valence electrons. The van der Waals surface area contributed by atoms with Gasteiger partial charge in [-0.25, -0.2) is 0 Å². The van der Waals surface area contributed by atoms with Crippen LogP contribution in [0.25, 0.3) is 0 Å². The number of para-hydroxylation sites is 1. The summed E-state index contributed by atoms with van der Waals surface area (Å²) >= 11 is 0. The van der Waals surface area contributed by atoms with Gasteiger partial charge in [-0.05, 0) is 37.8 Å². The first-order valence-corrected chi connectivity index (χ1v) is 8.58. The number of nitrogens with zero attached hydrogens (tertiary/aromatic N) is 2. The number of aryl methyl sites for hydroxylation is 4. The number of nitrogens with two attached hydrogens (primary N) is 1. The smallest absolute Gasteiger partial charge is 0.193 e. The van der Waals surface area contributed by atoms with Gasteiger partial charge in [-0.15, -0.1) is 24.0 Å². The Morgan fingerprint density at radius 1 is 1.24 bits per heavy atom. The van der Waals surface area contributed by atoms with Gasteiger partial charge in [0, 0.05) is 23.7 Å². The highest BCUT2D eigenvalue weighted by Gasteiger charge is 2.16. The lowest BCUT2D eigenvalue weighted by molar-refractivity contribution is 0.391. The van der Waals surface area contributed by atoms with E-state index in [0.717, 1.165) is 35.5 Å². The van der Waals surface area contributed by atoms with Crippen molar-refractivity contribution < 1.29 is 4.52 Å². The van der Waals surface area contributed by atoms with Crippen molar-refractivity contribution in [3.63, 3.8) is 0 Å². The maximum Gasteiger partial charge on any atom is 0.193 e. The van der Waals surface area contributed by atoms with Crippen molar-refractivity contribution in [3.8, 4) is 0 Å². The first-order chi connectivity index (χ1) is 11.5. The Kier molecular flexibility index (Phi) is 8.41. The highest BCUT2D eigenvalue weighted by molar-refractivity contribution is 14.0. The topological polar surface area (TPSA) is 76.4 Å². The predicted octanol–water partition coefficient (Wildman–Crippen LogP) is 4.56. The SMILES string of the molecule is CCc1cccc(CC)c1NC(N)=NCC(C)c1c(C)noc1C.I. The van der Waals surface area contributed by atoms with E-state index < -0.39 is 0 Å². The lowest BCUT2D eigenvalue weighted by atomic mass is 10.00. The first-order valence-electron chi connectivity index (χ1n) is 8.58. The summed E-state index contributed by atoms with van der Waals surface area (Å²) < 4.78 is 5.23. The van der Waals surface area contributed by atoms with Gasteiger partial charge in [0.25, 0.3) is 0 Å². The van der Waals surface area contributed by atoms with Crippen molar-refractivity contribution >= 4 is 35.6 Å². The monoisotopic (exact) mass is 456 g/mol. The van der Waals surface area contributed by atoms with E-state index in [1.165, 1.54) is 11.1 Å². The molecule has 0 bridgehead atoms. The molecule has 0 aliphatic rings. The van der Waals surface area contributed by atoms with E-state index in [1.807, 2.05) is 13.8 Å². The highest BCUT2D eigenvalue weighted by Crippen LogP contribution is 2.24. The Balaban J connectivity index is 0.00000312. The van der Waals surface area contributed by atoms with Gasteiger partial charge in [0.15, 0.2) is 5.96 Å². The minimum Gasteiger partial charge on any atom is -0.370 e. The molecule has 2 aromatic rings. The van der Waals surface area contributed by atoms with Gasteiger partial charge in [0.1, 0.15) is 5.76 Å². The number of rotatable bonds is 6. The third kappa shape index (κ3) is 5.20. The third-order valence-corrected chi connectivity index (χ3v) is 4.37. The molecule has 0 amide bonds. The molecule has 0 aliphatic heterocycles. The maximum atomic E-state index is 6.13. The molecule has 1 heterocycles. The van der Waals surface area contributed by atoms with E-state index in [1.54, 1.807) is 0 Å². The predicted molar refractivity (Wildman–Crippen MR) is 115 cm³/mol. The van der Waals surface area contributed by atoms with Gasteiger partial charge in [-0.1, -0.05) is 44.1 Å². The molecule has 0 aliphatic carbocycles. The first kappa shape index (κ1) is 21.5. The fourth-order valence-electron chi connectivity index (χ4n) is 3.09. The number of aliphatic imine (C=N–C) groups is 1. The fraction of sp³-hybridized carbons (Fsp3) is 0.474. The molecule has 0 radical (unpaired) electrons. The van der Waals surface area contributed by atoms with Crippen molar-refractivity contribution in [2.75, 3.05) is 11.9 Å². The Labute approximate surface area is 167 Å². The Bertz CT molecular complexity index is 682. The van der Waals surface area contributed by atoms with E-state index in [2.05, 4.69) is 54.4 Å². The molecule has 1 atom stereocenters. The number of hydrogen-bond acceptors (Lipinski definition) is 3. The minimum atomic E-state index is 0. The van der Waals surface area contributed by atoms with Crippen LogP contribution in [-0.2, 0) is 12.8 Å². The molecular weight excluding hydrogens is 427 g/mol. The average molecular weight is 456 g/mol. The van der Waals surface area contributed by atoms with Gasteiger partial charge < -0.3 is 15.6 Å². The zero-order valence-electron chi connectivity index (χ0n) is 15.7. The number of benzene rings is 1. The molecule has 1 unspecified atom stereocenters. The molecule has 2 rings (SSSR count). The number of guanidine groups is 1. The van der Waals surface area contributed by atoms with Crippen LogP contribution in [-0.4, -0.2) is 17.7 Å². The van der Waals surface area contributed by atoms with Crippen LogP contribution < -0.4 is 11.1 Å². The average Bonchev–Trinajstić information content (AvgIpc) is 2.91. The van der Waals surface area contributed by atoms with Crippen LogP contribution in [0.1, 0.15) is 54.8 Å². The normalized spacial score (nSPS) is 12.6. The summed E-state index contributed by atoms with van der Waals surface area (Å²) in [6.07, 6.45) is 1.91. The summed E-state index contributed by atoms with van der Waals surface area (Å²) in [5, 5.41) is 7.31. The molecule has 0 spiro atoms. The zero-order valence-corrected chi connectivity index (χ0v) is 18.0. The van der Waals surface area contributed by atoms with E-state index in [9.17, 15) is 0 Å². The molecule has 0 fully saturated rings. The van der Waals surface area contributed by atoms with E-state index in [0.29, 0.717) is 12.5 Å². The largest absolute Gasteiger partial charge is 0.370 e. The number of nitrogens with one attached hydrogen (secondary N) is 1. The quantitative estimate of drug-likeness (QED) is 0.380. The molecule has 1 aromatic carbocycles.